The summed E-state index contributed by atoms with van der Waals surface area (Å²) in [6.07, 6.45) is 5.43. The molecule has 1 aliphatic heterocycles. The number of hydrogen-bond donors (Lipinski definition) is 1. The standard InChI is InChI=1S/C24H27N3OS/c28-22(26-24(13-6-14-24)19-7-2-1-3-8-19)17-27-15-11-18(12-16-27)23-25-20-9-4-5-10-21(20)29-23/h1-5,7-10,18H,6,11-17H2,(H,26,28). The van der Waals surface area contributed by atoms with E-state index in [-0.39, 0.29) is 11.4 Å². The summed E-state index contributed by atoms with van der Waals surface area (Å²) in [6.45, 7) is 2.43. The molecule has 0 spiro atoms. The summed E-state index contributed by atoms with van der Waals surface area (Å²) in [4.78, 5) is 19.9. The number of para-hydroxylation sites is 1. The Morgan fingerprint density at radius 1 is 1.07 bits per heavy atom. The fraction of sp³-hybridized carbons (Fsp3) is 0.417. The van der Waals surface area contributed by atoms with Crippen molar-refractivity contribution >= 4 is 27.5 Å². The lowest BCUT2D eigenvalue weighted by atomic mass is 9.72. The molecule has 2 aromatic carbocycles. The SMILES string of the molecule is O=C(CN1CCC(c2nc3ccccc3s2)CC1)NC1(c2ccccc2)CCC1. The van der Waals surface area contributed by atoms with E-state index in [1.165, 1.54) is 21.7 Å². The van der Waals surface area contributed by atoms with Gasteiger partial charge in [-0.05, 0) is 62.9 Å². The number of carbonyl (C=O) groups is 1. The number of thiazole rings is 1. The van der Waals surface area contributed by atoms with Gasteiger partial charge < -0.3 is 5.32 Å². The van der Waals surface area contributed by atoms with Crippen molar-refractivity contribution in [2.75, 3.05) is 19.6 Å². The number of nitrogens with one attached hydrogen (secondary N) is 1. The Labute approximate surface area is 176 Å². The molecule has 5 rings (SSSR count). The van der Waals surface area contributed by atoms with Crippen molar-refractivity contribution in [3.05, 3.63) is 65.2 Å². The normalized spacial score (nSPS) is 19.7. The highest BCUT2D eigenvalue weighted by atomic mass is 32.1. The molecule has 1 N–H and O–H groups in total. The van der Waals surface area contributed by atoms with Crippen molar-refractivity contribution in [1.29, 1.82) is 0 Å². The van der Waals surface area contributed by atoms with Crippen molar-refractivity contribution < 1.29 is 4.79 Å². The molecule has 4 nitrogen and oxygen atoms in total. The van der Waals surface area contributed by atoms with Gasteiger partial charge in [0.1, 0.15) is 0 Å². The first-order valence-corrected chi connectivity index (χ1v) is 11.5. The molecule has 1 aromatic heterocycles. The van der Waals surface area contributed by atoms with Crippen LogP contribution >= 0.6 is 11.3 Å². The molecule has 0 atom stereocenters. The third kappa shape index (κ3) is 3.81. The first-order valence-electron chi connectivity index (χ1n) is 10.7. The monoisotopic (exact) mass is 405 g/mol. The molecule has 5 heteroatoms. The third-order valence-electron chi connectivity index (χ3n) is 6.53. The molecule has 0 unspecified atom stereocenters. The van der Waals surface area contributed by atoms with Crippen molar-refractivity contribution in [2.24, 2.45) is 0 Å². The smallest absolute Gasteiger partial charge is 0.234 e. The summed E-state index contributed by atoms with van der Waals surface area (Å²) in [5.41, 5.74) is 2.22. The average Bonchev–Trinajstić information content (AvgIpc) is 3.16. The predicted octanol–water partition coefficient (Wildman–Crippen LogP) is 4.67. The molecule has 0 bridgehead atoms. The maximum Gasteiger partial charge on any atom is 0.234 e. The lowest BCUT2D eigenvalue weighted by molar-refractivity contribution is -0.125. The minimum atomic E-state index is -0.141. The second kappa shape index (κ2) is 7.88. The molecule has 150 valence electrons. The van der Waals surface area contributed by atoms with Crippen LogP contribution in [-0.4, -0.2) is 35.4 Å². The van der Waals surface area contributed by atoms with Crippen LogP contribution in [0, 0.1) is 0 Å². The number of aromatic nitrogens is 1. The summed E-state index contributed by atoms with van der Waals surface area (Å²) in [6, 6.07) is 18.8. The van der Waals surface area contributed by atoms with Gasteiger partial charge in [0.05, 0.1) is 27.3 Å². The van der Waals surface area contributed by atoms with E-state index in [1.54, 1.807) is 0 Å². The van der Waals surface area contributed by atoms with Crippen LogP contribution in [-0.2, 0) is 10.3 Å². The Hall–Kier alpha value is -2.24. The number of fused-ring (bicyclic) bond motifs is 1. The van der Waals surface area contributed by atoms with E-state index in [4.69, 9.17) is 4.98 Å². The number of benzene rings is 2. The van der Waals surface area contributed by atoms with E-state index in [9.17, 15) is 4.79 Å². The lowest BCUT2D eigenvalue weighted by Crippen LogP contribution is -2.53. The van der Waals surface area contributed by atoms with Gasteiger partial charge in [-0.15, -0.1) is 11.3 Å². The molecule has 2 aliphatic rings. The van der Waals surface area contributed by atoms with Gasteiger partial charge >= 0.3 is 0 Å². The summed E-state index contributed by atoms with van der Waals surface area (Å²) in [5, 5.41) is 4.62. The number of rotatable bonds is 5. The van der Waals surface area contributed by atoms with Crippen LogP contribution in [0.4, 0.5) is 0 Å². The van der Waals surface area contributed by atoms with Gasteiger partial charge in [-0.2, -0.15) is 0 Å². The Morgan fingerprint density at radius 2 is 1.79 bits per heavy atom. The summed E-state index contributed by atoms with van der Waals surface area (Å²) >= 11 is 1.83. The molecule has 2 heterocycles. The number of hydrogen-bond acceptors (Lipinski definition) is 4. The Kier molecular flexibility index (Phi) is 5.10. The molecule has 1 saturated carbocycles. The number of amides is 1. The number of likely N-dealkylation sites (tertiary alicyclic amines) is 1. The van der Waals surface area contributed by atoms with E-state index < -0.39 is 0 Å². The minimum absolute atomic E-state index is 0.141. The third-order valence-corrected chi connectivity index (χ3v) is 7.73. The highest BCUT2D eigenvalue weighted by Gasteiger charge is 2.40. The van der Waals surface area contributed by atoms with Gasteiger partial charge in [0.15, 0.2) is 0 Å². The fourth-order valence-corrected chi connectivity index (χ4v) is 5.82. The number of piperidine rings is 1. The van der Waals surface area contributed by atoms with Crippen LogP contribution < -0.4 is 5.32 Å². The first-order chi connectivity index (χ1) is 14.2. The summed E-state index contributed by atoms with van der Waals surface area (Å²) in [7, 11) is 0. The van der Waals surface area contributed by atoms with Crippen molar-refractivity contribution in [1.82, 2.24) is 15.2 Å². The molecule has 29 heavy (non-hydrogen) atoms. The van der Waals surface area contributed by atoms with Gasteiger partial charge in [0.2, 0.25) is 5.91 Å². The number of carbonyl (C=O) groups excluding carboxylic acids is 1. The Morgan fingerprint density at radius 3 is 2.48 bits per heavy atom. The van der Waals surface area contributed by atoms with Crippen molar-refractivity contribution in [3.63, 3.8) is 0 Å². The maximum atomic E-state index is 12.8. The minimum Gasteiger partial charge on any atom is -0.345 e. The molecule has 1 amide bonds. The first kappa shape index (κ1) is 18.8. The van der Waals surface area contributed by atoms with E-state index in [0.717, 1.165) is 44.3 Å². The van der Waals surface area contributed by atoms with Crippen LogP contribution in [0.2, 0.25) is 0 Å². The fourth-order valence-electron chi connectivity index (χ4n) is 4.69. The van der Waals surface area contributed by atoms with Gasteiger partial charge in [0.25, 0.3) is 0 Å². The molecule has 2 fully saturated rings. The summed E-state index contributed by atoms with van der Waals surface area (Å²) < 4.78 is 1.27. The highest BCUT2D eigenvalue weighted by Crippen LogP contribution is 2.41. The molecular formula is C24H27N3OS. The van der Waals surface area contributed by atoms with E-state index in [2.05, 4.69) is 58.7 Å². The molecule has 1 saturated heterocycles. The molecule has 0 radical (unpaired) electrons. The largest absolute Gasteiger partial charge is 0.345 e. The Balaban J connectivity index is 1.17. The topological polar surface area (TPSA) is 45.2 Å². The second-order valence-corrected chi connectivity index (χ2v) is 9.48. The van der Waals surface area contributed by atoms with Crippen molar-refractivity contribution in [2.45, 2.75) is 43.6 Å². The lowest BCUT2D eigenvalue weighted by Gasteiger charge is -2.43. The van der Waals surface area contributed by atoms with E-state index in [0.29, 0.717) is 12.5 Å². The van der Waals surface area contributed by atoms with E-state index in [1.807, 2.05) is 17.4 Å². The van der Waals surface area contributed by atoms with Crippen LogP contribution in [0.25, 0.3) is 10.2 Å². The zero-order valence-corrected chi connectivity index (χ0v) is 17.5. The van der Waals surface area contributed by atoms with Crippen LogP contribution in [0.5, 0.6) is 0 Å². The summed E-state index contributed by atoms with van der Waals surface area (Å²) in [5.74, 6) is 0.681. The highest BCUT2D eigenvalue weighted by molar-refractivity contribution is 7.18. The van der Waals surface area contributed by atoms with Crippen LogP contribution in [0.1, 0.15) is 48.6 Å². The van der Waals surface area contributed by atoms with Gasteiger partial charge in [-0.3, -0.25) is 9.69 Å². The maximum absolute atomic E-state index is 12.8. The second-order valence-electron chi connectivity index (χ2n) is 8.42. The van der Waals surface area contributed by atoms with Crippen molar-refractivity contribution in [3.8, 4) is 0 Å². The Bertz CT molecular complexity index is 955. The molecule has 1 aliphatic carbocycles. The number of nitrogens with zero attached hydrogens (tertiary/aromatic N) is 2. The van der Waals surface area contributed by atoms with Gasteiger partial charge in [-0.1, -0.05) is 42.5 Å². The van der Waals surface area contributed by atoms with Gasteiger partial charge in [-0.25, -0.2) is 4.98 Å². The van der Waals surface area contributed by atoms with Crippen LogP contribution in [0.3, 0.4) is 0 Å². The molecule has 3 aromatic rings. The average molecular weight is 406 g/mol. The zero-order chi connectivity index (χ0) is 19.7. The van der Waals surface area contributed by atoms with Crippen LogP contribution in [0.15, 0.2) is 54.6 Å². The van der Waals surface area contributed by atoms with Gasteiger partial charge in [0, 0.05) is 5.92 Å². The molecular weight excluding hydrogens is 378 g/mol. The quantitative estimate of drug-likeness (QED) is 0.671. The predicted molar refractivity (Wildman–Crippen MR) is 118 cm³/mol. The van der Waals surface area contributed by atoms with E-state index >= 15 is 0 Å². The zero-order valence-electron chi connectivity index (χ0n) is 16.6.